The Kier molecular flexibility index (Phi) is 6.69. The molecule has 24 heavy (non-hydrogen) atoms. The molecule has 0 amide bonds. The van der Waals surface area contributed by atoms with Crippen LogP contribution in [0, 0.1) is 5.82 Å². The summed E-state index contributed by atoms with van der Waals surface area (Å²) in [5, 5.41) is 0. The molecule has 1 rings (SSSR count). The monoisotopic (exact) mass is 361 g/mol. The van der Waals surface area contributed by atoms with Crippen molar-refractivity contribution in [3.05, 3.63) is 35.1 Å². The third-order valence-electron chi connectivity index (χ3n) is 5.02. The molecule has 0 heterocycles. The van der Waals surface area contributed by atoms with Gasteiger partial charge >= 0.3 is 5.92 Å². The van der Waals surface area contributed by atoms with Crippen molar-refractivity contribution in [1.29, 1.82) is 0 Å². The lowest BCUT2D eigenvalue weighted by Gasteiger charge is -2.42. The Morgan fingerprint density at radius 3 is 2.04 bits per heavy atom. The van der Waals surface area contributed by atoms with Crippen molar-refractivity contribution < 1.29 is 17.6 Å². The van der Waals surface area contributed by atoms with E-state index in [1.165, 1.54) is 26.0 Å². The molecular weight excluding hydrogens is 331 g/mol. The molecule has 0 bridgehead atoms. The van der Waals surface area contributed by atoms with Gasteiger partial charge in [0.15, 0.2) is 8.32 Å². The van der Waals surface area contributed by atoms with Gasteiger partial charge in [-0.1, -0.05) is 32.9 Å². The average molecular weight is 362 g/mol. The highest BCUT2D eigenvalue weighted by Gasteiger charge is 2.54. The van der Waals surface area contributed by atoms with E-state index in [0.717, 1.165) is 24.2 Å². The second-order valence-electron chi connectivity index (χ2n) is 6.93. The van der Waals surface area contributed by atoms with E-state index in [2.05, 4.69) is 0 Å². The summed E-state index contributed by atoms with van der Waals surface area (Å²) in [7, 11) is -2.28. The van der Waals surface area contributed by atoms with Gasteiger partial charge in [0.1, 0.15) is 11.4 Å². The Morgan fingerprint density at radius 2 is 1.62 bits per heavy atom. The second-order valence-corrected chi connectivity index (χ2v) is 11.6. The molecule has 1 aromatic rings. The minimum absolute atomic E-state index is 0.0907. The predicted molar refractivity (Wildman–Crippen MR) is 95.3 cm³/mol. The first-order valence-electron chi connectivity index (χ1n) is 8.60. The summed E-state index contributed by atoms with van der Waals surface area (Å²) in [6.07, 6.45) is 0. The maximum atomic E-state index is 15.2. The second kappa shape index (κ2) is 7.58. The van der Waals surface area contributed by atoms with E-state index in [1.807, 2.05) is 20.8 Å². The van der Waals surface area contributed by atoms with Crippen LogP contribution in [-0.4, -0.2) is 13.9 Å². The zero-order chi connectivity index (χ0) is 18.8. The molecule has 6 heteroatoms. The molecule has 0 aliphatic rings. The highest BCUT2D eigenvalue weighted by Crippen LogP contribution is 2.45. The Balaban J connectivity index is 3.34. The summed E-state index contributed by atoms with van der Waals surface area (Å²) in [5.41, 5.74) is 3.35. The average Bonchev–Trinajstić information content (AvgIpc) is 2.52. The summed E-state index contributed by atoms with van der Waals surface area (Å²) in [6.45, 7) is 10.2. The van der Waals surface area contributed by atoms with Crippen LogP contribution in [0.4, 0.5) is 13.2 Å². The normalized spacial score (nSPS) is 14.8. The van der Waals surface area contributed by atoms with Gasteiger partial charge in [-0.3, -0.25) is 0 Å². The molecule has 1 atom stereocenters. The molecule has 0 saturated heterocycles. The van der Waals surface area contributed by atoms with Crippen molar-refractivity contribution in [2.75, 3.05) is 0 Å². The molecule has 0 spiro atoms. The van der Waals surface area contributed by atoms with E-state index in [0.29, 0.717) is 0 Å². The van der Waals surface area contributed by atoms with Crippen LogP contribution in [0.5, 0.6) is 0 Å². The largest absolute Gasteiger partial charge is 0.405 e. The molecular formula is C18H30F3NOSi. The quantitative estimate of drug-likeness (QED) is 0.599. The van der Waals surface area contributed by atoms with Gasteiger partial charge in [-0.05, 0) is 45.0 Å². The van der Waals surface area contributed by atoms with Crippen molar-refractivity contribution in [3.63, 3.8) is 0 Å². The third-order valence-corrected chi connectivity index (χ3v) is 9.83. The third kappa shape index (κ3) is 3.86. The number of alkyl halides is 2. The van der Waals surface area contributed by atoms with Crippen molar-refractivity contribution in [1.82, 2.24) is 0 Å². The van der Waals surface area contributed by atoms with E-state index in [-0.39, 0.29) is 5.56 Å². The van der Waals surface area contributed by atoms with Gasteiger partial charge in [0.25, 0.3) is 0 Å². The number of benzene rings is 1. The number of hydrogen-bond donors (Lipinski definition) is 1. The van der Waals surface area contributed by atoms with Crippen LogP contribution in [0.15, 0.2) is 18.2 Å². The maximum absolute atomic E-state index is 15.2. The summed E-state index contributed by atoms with van der Waals surface area (Å²) >= 11 is 0. The van der Waals surface area contributed by atoms with Crippen LogP contribution in [0.2, 0.25) is 18.1 Å². The van der Waals surface area contributed by atoms with Gasteiger partial charge in [-0.15, -0.1) is 0 Å². The van der Waals surface area contributed by atoms with E-state index in [1.54, 1.807) is 6.92 Å². The van der Waals surface area contributed by atoms with Crippen molar-refractivity contribution >= 4 is 8.32 Å². The van der Waals surface area contributed by atoms with Gasteiger partial charge in [-0.2, -0.15) is 8.78 Å². The van der Waals surface area contributed by atoms with E-state index in [4.69, 9.17) is 10.2 Å². The fraction of sp³-hybridized carbons (Fsp3) is 0.667. The smallest absolute Gasteiger partial charge is 0.302 e. The lowest BCUT2D eigenvalue weighted by molar-refractivity contribution is -0.161. The Bertz CT molecular complexity index is 549. The fourth-order valence-electron chi connectivity index (χ4n) is 3.04. The fourth-order valence-corrected chi connectivity index (χ4v) is 6.18. The summed E-state index contributed by atoms with van der Waals surface area (Å²) in [5.74, 6) is -4.40. The Labute approximate surface area is 144 Å². The van der Waals surface area contributed by atoms with Gasteiger partial charge in [0.05, 0.1) is 5.56 Å². The zero-order valence-electron chi connectivity index (χ0n) is 15.6. The zero-order valence-corrected chi connectivity index (χ0v) is 16.6. The summed E-state index contributed by atoms with van der Waals surface area (Å²) in [4.78, 5) is 0. The first-order valence-corrected chi connectivity index (χ1v) is 11.1. The van der Waals surface area contributed by atoms with Crippen LogP contribution in [0.3, 0.4) is 0 Å². The number of hydrogen-bond acceptors (Lipinski definition) is 2. The van der Waals surface area contributed by atoms with Crippen molar-refractivity contribution in [2.45, 2.75) is 77.2 Å². The number of rotatable bonds is 8. The minimum Gasteiger partial charge on any atom is -0.405 e. The van der Waals surface area contributed by atoms with Crippen LogP contribution in [-0.2, 0) is 10.3 Å². The lowest BCUT2D eigenvalue weighted by atomic mass is 9.91. The summed E-state index contributed by atoms with van der Waals surface area (Å²) in [6, 6.07) is 5.59. The van der Waals surface area contributed by atoms with Crippen LogP contribution in [0.1, 0.15) is 58.7 Å². The molecule has 2 N–H and O–H groups in total. The molecule has 0 aromatic heterocycles. The van der Waals surface area contributed by atoms with Crippen LogP contribution >= 0.6 is 0 Å². The lowest BCUT2D eigenvalue weighted by Crippen LogP contribution is -2.52. The van der Waals surface area contributed by atoms with E-state index in [9.17, 15) is 4.39 Å². The van der Waals surface area contributed by atoms with Gasteiger partial charge in [-0.25, -0.2) is 4.39 Å². The first kappa shape index (κ1) is 21.2. The topological polar surface area (TPSA) is 35.2 Å². The molecule has 0 aliphatic carbocycles. The number of halogens is 3. The number of nitrogens with two attached hydrogens (primary N) is 1. The molecule has 0 saturated carbocycles. The van der Waals surface area contributed by atoms with Crippen molar-refractivity contribution in [2.24, 2.45) is 5.73 Å². The summed E-state index contributed by atoms with van der Waals surface area (Å²) < 4.78 is 51.0. The highest BCUT2D eigenvalue weighted by atomic mass is 28.4. The molecule has 0 unspecified atom stereocenters. The van der Waals surface area contributed by atoms with E-state index < -0.39 is 37.3 Å². The molecule has 0 radical (unpaired) electrons. The Hall–Kier alpha value is -0.853. The molecule has 0 aliphatic heterocycles. The highest BCUT2D eigenvalue weighted by molar-refractivity contribution is 6.73. The van der Waals surface area contributed by atoms with Crippen LogP contribution < -0.4 is 5.73 Å². The van der Waals surface area contributed by atoms with Gasteiger partial charge in [0, 0.05) is 11.6 Å². The first-order chi connectivity index (χ1) is 11.0. The van der Waals surface area contributed by atoms with Crippen molar-refractivity contribution in [3.8, 4) is 0 Å². The molecule has 2 nitrogen and oxygen atoms in total. The SMILES string of the molecule is CC[Si](CC)(CC)OC(C)(C)C(F)(F)c1cccc([C@@H](C)N)c1F. The van der Waals surface area contributed by atoms with E-state index >= 15 is 8.78 Å². The standard InChI is InChI=1S/C18H30F3NOSi/c1-7-24(8-2,9-3)23-17(5,6)18(20,21)15-12-10-11-14(13(4)22)16(15)19/h10-13H,7-9,22H2,1-6H3/t13-/m1/s1. The Morgan fingerprint density at radius 1 is 1.12 bits per heavy atom. The predicted octanol–water partition coefficient (Wildman–Crippen LogP) is 5.74. The molecule has 0 fully saturated rings. The van der Waals surface area contributed by atoms with Gasteiger partial charge < -0.3 is 10.2 Å². The van der Waals surface area contributed by atoms with Gasteiger partial charge in [0.2, 0.25) is 0 Å². The van der Waals surface area contributed by atoms with Crippen LogP contribution in [0.25, 0.3) is 0 Å². The molecule has 1 aromatic carbocycles. The molecule has 138 valence electrons. The maximum Gasteiger partial charge on any atom is 0.302 e. The minimum atomic E-state index is -3.46.